The van der Waals surface area contributed by atoms with E-state index in [1.54, 1.807) is 0 Å². The monoisotopic (exact) mass is 500 g/mol. The number of rotatable bonds is 13. The van der Waals surface area contributed by atoms with E-state index in [0.717, 1.165) is 16.9 Å². The molecule has 0 amide bonds. The van der Waals surface area contributed by atoms with E-state index in [9.17, 15) is 18.0 Å². The van der Waals surface area contributed by atoms with Crippen molar-refractivity contribution < 1.29 is 17.9 Å². The Hall–Kier alpha value is -3.17. The minimum atomic E-state index is -3.41. The van der Waals surface area contributed by atoms with Crippen molar-refractivity contribution in [3.63, 3.8) is 0 Å². The average molecular weight is 501 g/mol. The molecule has 0 radical (unpaired) electrons. The lowest BCUT2D eigenvalue weighted by molar-refractivity contribution is 0.0745. The Morgan fingerprint density at radius 1 is 0.971 bits per heavy atom. The highest BCUT2D eigenvalue weighted by Crippen LogP contribution is 2.29. The second kappa shape index (κ2) is 12.5. The van der Waals surface area contributed by atoms with Gasteiger partial charge in [-0.1, -0.05) is 56.3 Å². The van der Waals surface area contributed by atoms with Gasteiger partial charge in [0.2, 0.25) is 0 Å². The third kappa shape index (κ3) is 8.52. The maximum absolute atomic E-state index is 13.0. The molecule has 1 N–H and O–H groups in total. The van der Waals surface area contributed by atoms with E-state index in [-0.39, 0.29) is 30.8 Å². The number of ether oxygens (including phenoxy) is 2. The van der Waals surface area contributed by atoms with Crippen LogP contribution in [0.4, 0.5) is 0 Å². The van der Waals surface area contributed by atoms with Crippen molar-refractivity contribution in [3.8, 4) is 5.75 Å². The first kappa shape index (κ1) is 26.4. The summed E-state index contributed by atoms with van der Waals surface area (Å²) < 4.78 is 38.6. The number of aromatic nitrogens is 2. The molecule has 0 fully saturated rings. The highest BCUT2D eigenvalue weighted by Gasteiger charge is 2.23. The molecule has 3 aromatic rings. The van der Waals surface area contributed by atoms with Gasteiger partial charge in [0.15, 0.2) is 9.84 Å². The Balaban J connectivity index is 1.64. The van der Waals surface area contributed by atoms with E-state index in [1.807, 2.05) is 54.6 Å². The van der Waals surface area contributed by atoms with Crippen LogP contribution >= 0.6 is 0 Å². The van der Waals surface area contributed by atoms with Crippen LogP contribution in [0.25, 0.3) is 0 Å². The lowest BCUT2D eigenvalue weighted by atomic mass is 9.93. The van der Waals surface area contributed by atoms with Crippen molar-refractivity contribution in [2.24, 2.45) is 5.92 Å². The summed E-state index contributed by atoms with van der Waals surface area (Å²) >= 11 is 0. The minimum absolute atomic E-state index is 0.0377. The molecule has 0 spiro atoms. The van der Waals surface area contributed by atoms with Crippen molar-refractivity contribution in [3.05, 3.63) is 98.8 Å². The average Bonchev–Trinajstić information content (AvgIpc) is 2.83. The number of H-pyrrole nitrogens is 1. The summed E-state index contributed by atoms with van der Waals surface area (Å²) in [6.45, 7) is 4.84. The topological polar surface area (TPSA) is 107 Å². The van der Waals surface area contributed by atoms with E-state index in [4.69, 9.17) is 9.47 Å². The summed E-state index contributed by atoms with van der Waals surface area (Å²) in [6.07, 6.45) is 1.63. The number of nitrogens with one attached hydrogen (secondary N) is 1. The predicted molar refractivity (Wildman–Crippen MR) is 136 cm³/mol. The van der Waals surface area contributed by atoms with Crippen LogP contribution in [-0.4, -0.2) is 42.7 Å². The quantitative estimate of drug-likeness (QED) is 0.361. The van der Waals surface area contributed by atoms with Crippen LogP contribution in [0.5, 0.6) is 5.75 Å². The lowest BCUT2D eigenvalue weighted by Gasteiger charge is -2.19. The standard InChI is InChI=1S/C26H32N2O6S/c1-20(2)17-34-23-11-6-10-22(16-23)24(21-8-4-3-5-9-21)18-35(31,32)15-7-14-33-19-28-13-12-25(29)27-26(28)30/h3-6,8-13,16,20,24H,7,14-15,17-19H2,1-2H3,(H,27,29,30). The molecule has 0 bridgehead atoms. The molecule has 9 heteroatoms. The molecule has 35 heavy (non-hydrogen) atoms. The molecule has 0 saturated carbocycles. The highest BCUT2D eigenvalue weighted by molar-refractivity contribution is 7.91. The maximum atomic E-state index is 13.0. The summed E-state index contributed by atoms with van der Waals surface area (Å²) in [5.41, 5.74) is 0.748. The Bertz CT molecular complexity index is 1300. The Kier molecular flexibility index (Phi) is 9.45. The zero-order valence-electron chi connectivity index (χ0n) is 20.1. The van der Waals surface area contributed by atoms with Crippen LogP contribution in [0, 0.1) is 5.92 Å². The summed E-state index contributed by atoms with van der Waals surface area (Å²) in [7, 11) is -3.41. The maximum Gasteiger partial charge on any atom is 0.330 e. The fourth-order valence-electron chi connectivity index (χ4n) is 3.58. The third-order valence-corrected chi connectivity index (χ3v) is 7.09. The second-order valence-corrected chi connectivity index (χ2v) is 11.1. The smallest absolute Gasteiger partial charge is 0.330 e. The molecule has 0 aliphatic heterocycles. The predicted octanol–water partition coefficient (Wildman–Crippen LogP) is 3.18. The van der Waals surface area contributed by atoms with Gasteiger partial charge in [0.05, 0.1) is 18.1 Å². The molecule has 1 unspecified atom stereocenters. The van der Waals surface area contributed by atoms with Gasteiger partial charge in [0, 0.05) is 24.8 Å². The van der Waals surface area contributed by atoms with Gasteiger partial charge in [-0.05, 0) is 35.6 Å². The van der Waals surface area contributed by atoms with Gasteiger partial charge in [-0.15, -0.1) is 0 Å². The molecule has 8 nitrogen and oxygen atoms in total. The number of nitrogens with zero attached hydrogens (tertiary/aromatic N) is 1. The molecule has 1 aromatic heterocycles. The molecule has 0 aliphatic carbocycles. The van der Waals surface area contributed by atoms with Gasteiger partial charge >= 0.3 is 5.69 Å². The first-order valence-corrected chi connectivity index (χ1v) is 13.4. The van der Waals surface area contributed by atoms with Gasteiger partial charge in [0.25, 0.3) is 5.56 Å². The van der Waals surface area contributed by atoms with Crippen molar-refractivity contribution in [2.75, 3.05) is 24.7 Å². The van der Waals surface area contributed by atoms with Crippen LogP contribution in [-0.2, 0) is 21.3 Å². The SMILES string of the molecule is CC(C)COc1cccc(C(CS(=O)(=O)CCCOCn2ccc(=O)[nH]c2=O)c2ccccc2)c1. The highest BCUT2D eigenvalue weighted by atomic mass is 32.2. The molecule has 188 valence electrons. The van der Waals surface area contributed by atoms with E-state index in [1.165, 1.54) is 16.8 Å². The molecule has 0 saturated heterocycles. The van der Waals surface area contributed by atoms with Crippen molar-refractivity contribution in [1.82, 2.24) is 9.55 Å². The van der Waals surface area contributed by atoms with Gasteiger partial charge < -0.3 is 9.47 Å². The Labute approximate surface area is 205 Å². The Morgan fingerprint density at radius 3 is 2.43 bits per heavy atom. The van der Waals surface area contributed by atoms with Crippen LogP contribution in [0.3, 0.4) is 0 Å². The number of aromatic amines is 1. The number of hydrogen-bond acceptors (Lipinski definition) is 6. The number of sulfone groups is 1. The zero-order valence-corrected chi connectivity index (χ0v) is 20.9. The van der Waals surface area contributed by atoms with Crippen LogP contribution in [0.2, 0.25) is 0 Å². The van der Waals surface area contributed by atoms with E-state index >= 15 is 0 Å². The molecular formula is C26H32N2O6S. The number of hydrogen-bond donors (Lipinski definition) is 1. The fourth-order valence-corrected chi connectivity index (χ4v) is 5.20. The second-order valence-electron chi connectivity index (χ2n) is 8.83. The van der Waals surface area contributed by atoms with Gasteiger partial charge in [-0.25, -0.2) is 13.2 Å². The lowest BCUT2D eigenvalue weighted by Crippen LogP contribution is -2.29. The molecule has 2 aromatic carbocycles. The van der Waals surface area contributed by atoms with E-state index < -0.39 is 21.1 Å². The molecular weight excluding hydrogens is 468 g/mol. The van der Waals surface area contributed by atoms with Gasteiger partial charge in [-0.2, -0.15) is 0 Å². The van der Waals surface area contributed by atoms with Gasteiger partial charge in [0.1, 0.15) is 12.5 Å². The minimum Gasteiger partial charge on any atom is -0.493 e. The van der Waals surface area contributed by atoms with Crippen molar-refractivity contribution in [2.45, 2.75) is 32.9 Å². The van der Waals surface area contributed by atoms with Crippen LogP contribution in [0.15, 0.2) is 76.4 Å². The molecule has 1 atom stereocenters. The zero-order chi connectivity index (χ0) is 25.3. The number of benzene rings is 2. The van der Waals surface area contributed by atoms with E-state index in [0.29, 0.717) is 18.9 Å². The fraction of sp³-hybridized carbons (Fsp3) is 0.385. The van der Waals surface area contributed by atoms with Crippen LogP contribution < -0.4 is 16.0 Å². The summed E-state index contributed by atoms with van der Waals surface area (Å²) in [5, 5.41) is 0. The normalized spacial score (nSPS) is 12.5. The summed E-state index contributed by atoms with van der Waals surface area (Å²) in [5.74, 6) is 0.698. The Morgan fingerprint density at radius 2 is 1.71 bits per heavy atom. The third-order valence-electron chi connectivity index (χ3n) is 5.34. The van der Waals surface area contributed by atoms with Crippen molar-refractivity contribution >= 4 is 9.84 Å². The van der Waals surface area contributed by atoms with Gasteiger partial charge in [-0.3, -0.25) is 14.3 Å². The first-order chi connectivity index (χ1) is 16.7. The van der Waals surface area contributed by atoms with Crippen molar-refractivity contribution in [1.29, 1.82) is 0 Å². The summed E-state index contributed by atoms with van der Waals surface area (Å²) in [4.78, 5) is 24.9. The molecule has 1 heterocycles. The van der Waals surface area contributed by atoms with Crippen LogP contribution in [0.1, 0.15) is 37.3 Å². The largest absolute Gasteiger partial charge is 0.493 e. The van der Waals surface area contributed by atoms with E-state index in [2.05, 4.69) is 18.8 Å². The summed E-state index contributed by atoms with van der Waals surface area (Å²) in [6, 6.07) is 18.4. The first-order valence-electron chi connectivity index (χ1n) is 11.6. The molecule has 0 aliphatic rings. The molecule has 3 rings (SSSR count).